The molecule has 11 heteroatoms. The summed E-state index contributed by atoms with van der Waals surface area (Å²) in [7, 11) is 6.85. The second-order valence-corrected chi connectivity index (χ2v) is 12.9. The average molecular weight is 569 g/mol. The maximum absolute atomic E-state index is 14.2. The Morgan fingerprint density at radius 1 is 1.10 bits per heavy atom. The van der Waals surface area contributed by atoms with Crippen LogP contribution in [0.4, 0.5) is 5.69 Å². The number of phenolic OH excluding ortho intramolecular Hbond substituents is 1. The molecule has 1 amide bonds. The highest BCUT2D eigenvalue weighted by atomic mass is 16.3. The Hall–Kier alpha value is -3.15. The van der Waals surface area contributed by atoms with Crippen molar-refractivity contribution < 1.29 is 34.2 Å². The Kier molecular flexibility index (Phi) is 7.36. The number of primary amides is 1. The Labute approximate surface area is 239 Å². The van der Waals surface area contributed by atoms with E-state index in [-0.39, 0.29) is 24.2 Å². The highest BCUT2D eigenvalue weighted by Crippen LogP contribution is 2.52. The van der Waals surface area contributed by atoms with E-state index in [0.29, 0.717) is 23.6 Å². The zero-order valence-electron chi connectivity index (χ0n) is 24.3. The van der Waals surface area contributed by atoms with Crippen molar-refractivity contribution in [3.05, 3.63) is 22.8 Å². The summed E-state index contributed by atoms with van der Waals surface area (Å²) in [6, 6.07) is 0.780. The Morgan fingerprint density at radius 3 is 2.29 bits per heavy atom. The summed E-state index contributed by atoms with van der Waals surface area (Å²) >= 11 is 0. The number of aliphatic hydroxyl groups is 1. The van der Waals surface area contributed by atoms with Gasteiger partial charge in [0.05, 0.1) is 17.5 Å². The van der Waals surface area contributed by atoms with Crippen LogP contribution in [0, 0.1) is 29.6 Å². The van der Waals surface area contributed by atoms with E-state index in [1.807, 2.05) is 25.1 Å². The fourth-order valence-electron chi connectivity index (χ4n) is 7.69. The fraction of sp³-hybridized carbons (Fsp3) is 0.633. The number of fused-ring (bicyclic) bond motifs is 3. The Bertz CT molecular complexity index is 1330. The predicted octanol–water partition coefficient (Wildman–Crippen LogP) is 0.165. The first-order valence-corrected chi connectivity index (χ1v) is 14.3. The van der Waals surface area contributed by atoms with Gasteiger partial charge in [-0.3, -0.25) is 33.8 Å². The van der Waals surface area contributed by atoms with Crippen LogP contribution < -0.4 is 10.6 Å². The highest BCUT2D eigenvalue weighted by Gasteiger charge is 2.69. The van der Waals surface area contributed by atoms with Crippen LogP contribution in [0.25, 0.3) is 0 Å². The third kappa shape index (κ3) is 4.40. The molecule has 0 spiro atoms. The van der Waals surface area contributed by atoms with Crippen LogP contribution in [0.3, 0.4) is 0 Å². The smallest absolute Gasteiger partial charge is 0.235 e. The molecule has 3 aliphatic carbocycles. The lowest BCUT2D eigenvalue weighted by Gasteiger charge is -2.52. The van der Waals surface area contributed by atoms with Crippen molar-refractivity contribution in [2.45, 2.75) is 50.8 Å². The summed E-state index contributed by atoms with van der Waals surface area (Å²) in [6.07, 6.45) is 2.36. The second-order valence-electron chi connectivity index (χ2n) is 12.9. The van der Waals surface area contributed by atoms with Gasteiger partial charge in [0.1, 0.15) is 5.75 Å². The van der Waals surface area contributed by atoms with Crippen LogP contribution in [0.15, 0.2) is 6.07 Å². The van der Waals surface area contributed by atoms with E-state index >= 15 is 0 Å². The van der Waals surface area contributed by atoms with Gasteiger partial charge < -0.3 is 20.8 Å². The van der Waals surface area contributed by atoms with Gasteiger partial charge in [0.2, 0.25) is 5.91 Å². The monoisotopic (exact) mass is 568 g/mol. The molecule has 1 aromatic carbocycles. The van der Waals surface area contributed by atoms with Crippen LogP contribution in [0.2, 0.25) is 0 Å². The number of likely N-dealkylation sites (tertiary alicyclic amines) is 1. The number of piperidine rings is 1. The van der Waals surface area contributed by atoms with Gasteiger partial charge in [0, 0.05) is 37.8 Å². The molecule has 1 aromatic rings. The summed E-state index contributed by atoms with van der Waals surface area (Å²) < 4.78 is 0. The number of aromatic hydroxyl groups is 1. The third-order valence-electron chi connectivity index (χ3n) is 9.87. The van der Waals surface area contributed by atoms with Crippen molar-refractivity contribution in [2.24, 2.45) is 35.3 Å². The minimum Gasteiger partial charge on any atom is -0.507 e. The van der Waals surface area contributed by atoms with Crippen LogP contribution in [-0.2, 0) is 32.1 Å². The van der Waals surface area contributed by atoms with Gasteiger partial charge >= 0.3 is 0 Å². The minimum absolute atomic E-state index is 0.0330. The van der Waals surface area contributed by atoms with E-state index in [1.165, 1.54) is 4.90 Å². The molecule has 1 saturated heterocycles. The molecule has 6 atom stereocenters. The fourth-order valence-corrected chi connectivity index (χ4v) is 7.69. The topological polar surface area (TPSA) is 162 Å². The largest absolute Gasteiger partial charge is 0.507 e. The molecule has 5 rings (SSSR count). The molecule has 4 N–H and O–H groups in total. The number of benzene rings is 1. The number of nitrogens with two attached hydrogens (primary N) is 1. The van der Waals surface area contributed by atoms with E-state index in [4.69, 9.17) is 5.73 Å². The summed E-state index contributed by atoms with van der Waals surface area (Å²) in [5.74, 6) is -9.60. The van der Waals surface area contributed by atoms with Crippen LogP contribution in [0.1, 0.15) is 47.7 Å². The highest BCUT2D eigenvalue weighted by molar-refractivity contribution is 6.32. The van der Waals surface area contributed by atoms with Crippen molar-refractivity contribution >= 4 is 34.7 Å². The molecular formula is C30H40N4O7. The number of likely N-dealkylation sites (N-methyl/N-ethyl adjacent to an activating group) is 1. The standard InChI is InChI=1S/C30H40N4O7/c1-14-6-8-34(9-7-14)13-16-12-19(32(2)3)17-10-15-11-18-23(33(4)5)26(37)22(29(31)40)28(39)30(18,41)27(38)20(15)25(36)21(17)24(16)35/h12,14-15,18,20,22-23,35,41H,6-11,13H2,1-5H3,(H2,31,40)/t15-,18-,20?,22?,23?,30-/m0/s1. The third-order valence-corrected chi connectivity index (χ3v) is 9.87. The maximum atomic E-state index is 14.2. The zero-order chi connectivity index (χ0) is 30.1. The van der Waals surface area contributed by atoms with E-state index in [9.17, 15) is 34.2 Å². The molecular weight excluding hydrogens is 528 g/mol. The van der Waals surface area contributed by atoms with Crippen LogP contribution in [0.5, 0.6) is 5.75 Å². The molecule has 2 saturated carbocycles. The number of rotatable bonds is 5. The molecule has 0 aromatic heterocycles. The van der Waals surface area contributed by atoms with Crippen molar-refractivity contribution in [3.8, 4) is 5.75 Å². The van der Waals surface area contributed by atoms with Gasteiger partial charge in [-0.05, 0) is 76.3 Å². The average Bonchev–Trinajstić information content (AvgIpc) is 2.88. The first-order chi connectivity index (χ1) is 19.2. The van der Waals surface area contributed by atoms with Gasteiger partial charge in [-0.25, -0.2) is 0 Å². The number of carbonyl (C=O) groups is 5. The summed E-state index contributed by atoms with van der Waals surface area (Å²) in [6.45, 7) is 4.40. The molecule has 4 aliphatic rings. The first-order valence-electron chi connectivity index (χ1n) is 14.3. The first kappa shape index (κ1) is 29.3. The number of hydrogen-bond donors (Lipinski definition) is 3. The van der Waals surface area contributed by atoms with Crippen molar-refractivity contribution in [1.82, 2.24) is 9.80 Å². The predicted molar refractivity (Wildman–Crippen MR) is 149 cm³/mol. The van der Waals surface area contributed by atoms with Crippen LogP contribution in [-0.4, -0.2) is 102 Å². The van der Waals surface area contributed by atoms with Crippen molar-refractivity contribution in [1.29, 1.82) is 0 Å². The molecule has 222 valence electrons. The molecule has 41 heavy (non-hydrogen) atoms. The van der Waals surface area contributed by atoms with Crippen molar-refractivity contribution in [2.75, 3.05) is 46.2 Å². The van der Waals surface area contributed by atoms with Gasteiger partial charge in [-0.2, -0.15) is 0 Å². The summed E-state index contributed by atoms with van der Waals surface area (Å²) in [5.41, 5.74) is 4.66. The lowest BCUT2D eigenvalue weighted by Crippen LogP contribution is -2.74. The van der Waals surface area contributed by atoms with E-state index < -0.39 is 64.4 Å². The SMILES string of the molecule is CC1CCN(Cc2cc(N(C)C)c3c(c2O)C(=O)C2C(=O)[C@]4(O)C(=O)C(C(N)=O)C(=O)C(N(C)C)[C@@H]4C[C@@H]2C3)CC1. The number of anilines is 1. The molecule has 11 nitrogen and oxygen atoms in total. The molecule has 1 aliphatic heterocycles. The van der Waals surface area contributed by atoms with Gasteiger partial charge in [-0.1, -0.05) is 6.92 Å². The lowest BCUT2D eigenvalue weighted by atomic mass is 9.52. The van der Waals surface area contributed by atoms with Crippen LogP contribution >= 0.6 is 0 Å². The zero-order valence-corrected chi connectivity index (χ0v) is 24.3. The lowest BCUT2D eigenvalue weighted by molar-refractivity contribution is -0.181. The second kappa shape index (κ2) is 10.3. The van der Waals surface area contributed by atoms with E-state index in [0.717, 1.165) is 31.6 Å². The van der Waals surface area contributed by atoms with Gasteiger partial charge in [-0.15, -0.1) is 0 Å². The Balaban J connectivity index is 1.59. The molecule has 3 unspecified atom stereocenters. The van der Waals surface area contributed by atoms with E-state index in [1.54, 1.807) is 14.1 Å². The number of amides is 1. The summed E-state index contributed by atoms with van der Waals surface area (Å²) in [5, 5.41) is 23.2. The van der Waals surface area contributed by atoms with E-state index in [2.05, 4.69) is 11.8 Å². The number of phenols is 1. The number of nitrogens with zero attached hydrogens (tertiary/aromatic N) is 3. The van der Waals surface area contributed by atoms with Gasteiger partial charge in [0.15, 0.2) is 34.7 Å². The minimum atomic E-state index is -2.72. The quantitative estimate of drug-likeness (QED) is 0.418. The molecule has 3 fully saturated rings. The number of hydrogen-bond acceptors (Lipinski definition) is 10. The molecule has 1 heterocycles. The maximum Gasteiger partial charge on any atom is 0.235 e. The van der Waals surface area contributed by atoms with Gasteiger partial charge in [0.25, 0.3) is 0 Å². The summed E-state index contributed by atoms with van der Waals surface area (Å²) in [4.78, 5) is 72.7. The number of carbonyl (C=O) groups excluding carboxylic acids is 5. The Morgan fingerprint density at radius 2 is 1.73 bits per heavy atom. The normalized spacial score (nSPS) is 32.5. The number of ketones is 4. The molecule has 0 radical (unpaired) electrons. The van der Waals surface area contributed by atoms with Crippen molar-refractivity contribution in [3.63, 3.8) is 0 Å². The molecule has 0 bridgehead atoms. The number of Topliss-reactive ketones (excluding diaryl/α,β-unsaturated/α-hetero) is 4.